The third-order valence-corrected chi connectivity index (χ3v) is 2.65. The Morgan fingerprint density at radius 2 is 2.12 bits per heavy atom. The van der Waals surface area contributed by atoms with Crippen molar-refractivity contribution < 1.29 is 9.53 Å². The van der Waals surface area contributed by atoms with Crippen LogP contribution in [-0.4, -0.2) is 12.4 Å². The smallest absolute Gasteiger partial charge is 0.152 e. The van der Waals surface area contributed by atoms with Gasteiger partial charge in [-0.2, -0.15) is 0 Å². The van der Waals surface area contributed by atoms with Crippen LogP contribution in [0.2, 0.25) is 0 Å². The second-order valence-corrected chi connectivity index (χ2v) is 4.69. The number of halogens is 1. The maximum Gasteiger partial charge on any atom is 0.152 e. The molecule has 1 aromatic carbocycles. The van der Waals surface area contributed by atoms with E-state index in [2.05, 4.69) is 13.8 Å². The molecule has 0 radical (unpaired) electrons. The Morgan fingerprint density at radius 3 is 2.69 bits per heavy atom. The zero-order chi connectivity index (χ0) is 12.1. The molecule has 0 aliphatic rings. The summed E-state index contributed by atoms with van der Waals surface area (Å²) < 4.78 is 5.57. The molecule has 0 saturated carbocycles. The predicted octanol–water partition coefficient (Wildman–Crippen LogP) is 3.59. The fraction of sp³-hybridized carbons (Fsp3) is 0.462. The van der Waals surface area contributed by atoms with E-state index in [0.717, 1.165) is 11.3 Å². The second kappa shape index (κ2) is 5.90. The Bertz CT molecular complexity index is 361. The number of ether oxygens (including phenoxy) is 1. The molecular formula is C13H17ClO2. The Kier molecular flexibility index (Phi) is 4.81. The SMILES string of the molecule is CC(=O)C(Cl)c1cccc(OCC(C)C)c1. The third-order valence-electron chi connectivity index (χ3n) is 2.09. The van der Waals surface area contributed by atoms with Crippen LogP contribution < -0.4 is 4.74 Å². The van der Waals surface area contributed by atoms with Gasteiger partial charge in [-0.1, -0.05) is 26.0 Å². The molecule has 3 heteroatoms. The van der Waals surface area contributed by atoms with E-state index >= 15 is 0 Å². The molecule has 0 aliphatic heterocycles. The summed E-state index contributed by atoms with van der Waals surface area (Å²) in [4.78, 5) is 11.1. The maximum atomic E-state index is 11.1. The lowest BCUT2D eigenvalue weighted by Crippen LogP contribution is -2.06. The minimum absolute atomic E-state index is 0.0531. The number of benzene rings is 1. The van der Waals surface area contributed by atoms with Crippen LogP contribution in [0, 0.1) is 5.92 Å². The first kappa shape index (κ1) is 13.0. The van der Waals surface area contributed by atoms with Crippen LogP contribution in [-0.2, 0) is 4.79 Å². The average Bonchev–Trinajstić information content (AvgIpc) is 2.25. The van der Waals surface area contributed by atoms with Gasteiger partial charge < -0.3 is 4.74 Å². The van der Waals surface area contributed by atoms with Crippen LogP contribution >= 0.6 is 11.6 Å². The monoisotopic (exact) mass is 240 g/mol. The van der Waals surface area contributed by atoms with Crippen LogP contribution in [0.4, 0.5) is 0 Å². The van der Waals surface area contributed by atoms with Crippen molar-refractivity contribution >= 4 is 17.4 Å². The number of alkyl halides is 1. The van der Waals surface area contributed by atoms with Gasteiger partial charge in [-0.05, 0) is 30.5 Å². The molecule has 1 rings (SSSR count). The largest absolute Gasteiger partial charge is 0.493 e. The van der Waals surface area contributed by atoms with E-state index in [4.69, 9.17) is 16.3 Å². The molecule has 1 atom stereocenters. The van der Waals surface area contributed by atoms with Crippen molar-refractivity contribution in [3.05, 3.63) is 29.8 Å². The molecule has 0 heterocycles. The van der Waals surface area contributed by atoms with Gasteiger partial charge in [0.1, 0.15) is 11.1 Å². The lowest BCUT2D eigenvalue weighted by atomic mass is 10.1. The predicted molar refractivity (Wildman–Crippen MR) is 66.1 cm³/mol. The third kappa shape index (κ3) is 3.86. The van der Waals surface area contributed by atoms with Crippen molar-refractivity contribution in [2.45, 2.75) is 26.1 Å². The molecule has 0 aliphatic carbocycles. The number of ketones is 1. The zero-order valence-electron chi connectivity index (χ0n) is 9.87. The first-order valence-electron chi connectivity index (χ1n) is 5.38. The van der Waals surface area contributed by atoms with Gasteiger partial charge in [0, 0.05) is 0 Å². The van der Waals surface area contributed by atoms with Gasteiger partial charge in [-0.25, -0.2) is 0 Å². The first-order valence-corrected chi connectivity index (χ1v) is 5.81. The highest BCUT2D eigenvalue weighted by molar-refractivity contribution is 6.30. The summed E-state index contributed by atoms with van der Waals surface area (Å²) >= 11 is 5.97. The van der Waals surface area contributed by atoms with Gasteiger partial charge >= 0.3 is 0 Å². The average molecular weight is 241 g/mol. The van der Waals surface area contributed by atoms with Crippen molar-refractivity contribution in [2.24, 2.45) is 5.92 Å². The Balaban J connectivity index is 2.74. The molecule has 2 nitrogen and oxygen atoms in total. The molecule has 0 spiro atoms. The summed E-state index contributed by atoms with van der Waals surface area (Å²) in [6.07, 6.45) is 0. The number of hydrogen-bond acceptors (Lipinski definition) is 2. The van der Waals surface area contributed by atoms with E-state index in [1.807, 2.05) is 24.3 Å². The van der Waals surface area contributed by atoms with E-state index in [-0.39, 0.29) is 5.78 Å². The molecule has 16 heavy (non-hydrogen) atoms. The second-order valence-electron chi connectivity index (χ2n) is 4.25. The number of carbonyl (C=O) groups excluding carboxylic acids is 1. The molecule has 0 amide bonds. The molecule has 1 unspecified atom stereocenters. The van der Waals surface area contributed by atoms with Gasteiger partial charge in [0.25, 0.3) is 0 Å². The van der Waals surface area contributed by atoms with Crippen LogP contribution in [0.15, 0.2) is 24.3 Å². The number of carbonyl (C=O) groups is 1. The van der Waals surface area contributed by atoms with Crippen molar-refractivity contribution in [1.82, 2.24) is 0 Å². The summed E-state index contributed by atoms with van der Waals surface area (Å²) in [7, 11) is 0. The minimum atomic E-state index is -0.581. The van der Waals surface area contributed by atoms with Gasteiger partial charge in [0.15, 0.2) is 5.78 Å². The topological polar surface area (TPSA) is 26.3 Å². The number of hydrogen-bond donors (Lipinski definition) is 0. The molecule has 0 aromatic heterocycles. The summed E-state index contributed by atoms with van der Waals surface area (Å²) in [5.41, 5.74) is 0.787. The fourth-order valence-electron chi connectivity index (χ4n) is 1.26. The van der Waals surface area contributed by atoms with Gasteiger partial charge in [-0.15, -0.1) is 11.6 Å². The molecule has 0 bridgehead atoms. The van der Waals surface area contributed by atoms with Crippen LogP contribution in [0.3, 0.4) is 0 Å². The van der Waals surface area contributed by atoms with Gasteiger partial charge in [0.05, 0.1) is 6.61 Å². The van der Waals surface area contributed by atoms with Crippen LogP contribution in [0.1, 0.15) is 31.7 Å². The highest BCUT2D eigenvalue weighted by atomic mass is 35.5. The molecule has 0 N–H and O–H groups in total. The highest BCUT2D eigenvalue weighted by Crippen LogP contribution is 2.25. The lowest BCUT2D eigenvalue weighted by molar-refractivity contribution is -0.116. The normalized spacial score (nSPS) is 12.6. The molecular weight excluding hydrogens is 224 g/mol. The van der Waals surface area contributed by atoms with E-state index < -0.39 is 5.38 Å². The summed E-state index contributed by atoms with van der Waals surface area (Å²) in [6.45, 7) is 6.32. The quantitative estimate of drug-likeness (QED) is 0.736. The highest BCUT2D eigenvalue weighted by Gasteiger charge is 2.13. The van der Waals surface area contributed by atoms with E-state index in [1.54, 1.807) is 0 Å². The van der Waals surface area contributed by atoms with E-state index in [1.165, 1.54) is 6.92 Å². The van der Waals surface area contributed by atoms with Gasteiger partial charge in [0.2, 0.25) is 0 Å². The zero-order valence-corrected chi connectivity index (χ0v) is 10.6. The minimum Gasteiger partial charge on any atom is -0.493 e. The van der Waals surface area contributed by atoms with E-state index in [9.17, 15) is 4.79 Å². The first-order chi connectivity index (χ1) is 7.50. The van der Waals surface area contributed by atoms with Crippen molar-refractivity contribution in [3.8, 4) is 5.75 Å². The van der Waals surface area contributed by atoms with Crippen molar-refractivity contribution in [2.75, 3.05) is 6.61 Å². The summed E-state index contributed by atoms with van der Waals surface area (Å²) in [5.74, 6) is 1.18. The maximum absolute atomic E-state index is 11.1. The van der Waals surface area contributed by atoms with Crippen LogP contribution in [0.25, 0.3) is 0 Å². The molecule has 0 saturated heterocycles. The number of Topliss-reactive ketones (excluding diaryl/α,β-unsaturated/α-hetero) is 1. The molecule has 1 aromatic rings. The molecule has 88 valence electrons. The van der Waals surface area contributed by atoms with Crippen LogP contribution in [0.5, 0.6) is 5.75 Å². The Hall–Kier alpha value is -1.02. The number of rotatable bonds is 5. The Labute approximate surface area is 102 Å². The van der Waals surface area contributed by atoms with Crippen molar-refractivity contribution in [3.63, 3.8) is 0 Å². The van der Waals surface area contributed by atoms with Crippen molar-refractivity contribution in [1.29, 1.82) is 0 Å². The van der Waals surface area contributed by atoms with E-state index in [0.29, 0.717) is 12.5 Å². The summed E-state index contributed by atoms with van der Waals surface area (Å²) in [5, 5.41) is -0.581. The van der Waals surface area contributed by atoms with Gasteiger partial charge in [-0.3, -0.25) is 4.79 Å². The summed E-state index contributed by atoms with van der Waals surface area (Å²) in [6, 6.07) is 7.38. The Morgan fingerprint density at radius 1 is 1.44 bits per heavy atom. The fourth-order valence-corrected chi connectivity index (χ4v) is 1.40. The lowest BCUT2D eigenvalue weighted by Gasteiger charge is -2.11. The standard InChI is InChI=1S/C13H17ClO2/c1-9(2)8-16-12-6-4-5-11(7-12)13(14)10(3)15/h4-7,9,13H,8H2,1-3H3. The molecule has 0 fully saturated rings.